The molecule has 12 nitrogen and oxygen atoms in total. The number of ether oxygens (including phenoxy) is 1. The smallest absolute Gasteiger partial charge is 0.336 e. The van der Waals surface area contributed by atoms with Gasteiger partial charge in [-0.2, -0.15) is 0 Å². The van der Waals surface area contributed by atoms with Crippen LogP contribution in [0.2, 0.25) is 0 Å². The van der Waals surface area contributed by atoms with Crippen LogP contribution in [0.15, 0.2) is 70.6 Å². The van der Waals surface area contributed by atoms with Gasteiger partial charge in [-0.15, -0.1) is 0 Å². The third kappa shape index (κ3) is 6.19. The molecule has 2 aromatic carbocycles. The average molecular weight is 691 g/mol. The summed E-state index contributed by atoms with van der Waals surface area (Å²) in [4.78, 5) is 62.8. The average Bonchev–Trinajstić information content (AvgIpc) is 3.08. The van der Waals surface area contributed by atoms with Crippen molar-refractivity contribution < 1.29 is 32.6 Å². The number of rotatable bonds is 9. The number of alkyl halides is 2. The van der Waals surface area contributed by atoms with E-state index in [1.807, 2.05) is 0 Å². The molecule has 3 aromatic heterocycles. The van der Waals surface area contributed by atoms with Gasteiger partial charge in [-0.25, -0.2) is 27.3 Å². The summed E-state index contributed by atoms with van der Waals surface area (Å²) >= 11 is 0. The zero-order valence-corrected chi connectivity index (χ0v) is 27.3. The number of aliphatic carboxylic acids is 1. The molecule has 0 radical (unpaired) electrons. The number of nitrogens with one attached hydrogen (secondary N) is 1. The molecule has 2 N–H and O–H groups in total. The number of fused-ring (bicyclic) bond motifs is 2. The fourth-order valence-corrected chi connectivity index (χ4v) is 6.47. The molecule has 4 heterocycles. The summed E-state index contributed by atoms with van der Waals surface area (Å²) in [5.41, 5.74) is -0.118. The molecule has 0 bridgehead atoms. The number of nitrogens with zero attached hydrogens (tertiary/aromatic N) is 5. The minimum Gasteiger partial charge on any atom is -0.480 e. The Hall–Kier alpha value is -5.57. The van der Waals surface area contributed by atoms with Crippen molar-refractivity contribution in [1.29, 1.82) is 0 Å². The van der Waals surface area contributed by atoms with Gasteiger partial charge in [0.2, 0.25) is 0 Å². The summed E-state index contributed by atoms with van der Waals surface area (Å²) in [6.07, 6.45) is 4.10. The molecule has 50 heavy (non-hydrogen) atoms. The summed E-state index contributed by atoms with van der Waals surface area (Å²) in [5, 5.41) is 13.2. The van der Waals surface area contributed by atoms with Crippen molar-refractivity contribution in [2.75, 3.05) is 24.7 Å². The summed E-state index contributed by atoms with van der Waals surface area (Å²) in [7, 11) is 0. The van der Waals surface area contributed by atoms with E-state index in [1.165, 1.54) is 53.2 Å². The third-order valence-corrected chi connectivity index (χ3v) is 8.91. The highest BCUT2D eigenvalue weighted by Gasteiger charge is 2.41. The number of amides is 1. The molecule has 260 valence electrons. The van der Waals surface area contributed by atoms with Gasteiger partial charge in [0, 0.05) is 49.9 Å². The van der Waals surface area contributed by atoms with Gasteiger partial charge < -0.3 is 20.1 Å². The number of carboxylic acids is 1. The van der Waals surface area contributed by atoms with Crippen LogP contribution in [-0.4, -0.2) is 73.8 Å². The number of carboxylic acid groups (broad SMARTS) is 1. The van der Waals surface area contributed by atoms with E-state index in [9.17, 15) is 33.1 Å². The van der Waals surface area contributed by atoms with Crippen LogP contribution < -0.4 is 21.5 Å². The Morgan fingerprint density at radius 3 is 2.62 bits per heavy atom. The van der Waals surface area contributed by atoms with Crippen LogP contribution >= 0.6 is 0 Å². The number of morpholine rings is 1. The quantitative estimate of drug-likeness (QED) is 0.235. The van der Waals surface area contributed by atoms with E-state index >= 15 is 4.39 Å². The Labute approximate surface area is 282 Å². The number of hydrogen-bond acceptors (Lipinski definition) is 8. The van der Waals surface area contributed by atoms with Gasteiger partial charge in [0.1, 0.15) is 17.9 Å². The van der Waals surface area contributed by atoms with E-state index in [2.05, 4.69) is 15.3 Å². The number of pyridine rings is 2. The van der Waals surface area contributed by atoms with Gasteiger partial charge in [0.25, 0.3) is 17.4 Å². The van der Waals surface area contributed by atoms with Gasteiger partial charge in [0.05, 0.1) is 47.1 Å². The van der Waals surface area contributed by atoms with Crippen LogP contribution in [0.5, 0.6) is 0 Å². The van der Waals surface area contributed by atoms with Crippen molar-refractivity contribution in [3.63, 3.8) is 0 Å². The van der Waals surface area contributed by atoms with E-state index in [-0.39, 0.29) is 60.6 Å². The highest BCUT2D eigenvalue weighted by atomic mass is 19.3. The Morgan fingerprint density at radius 1 is 1.14 bits per heavy atom. The number of aryl methyl sites for hydroxylation is 2. The molecule has 5 aromatic rings. The summed E-state index contributed by atoms with van der Waals surface area (Å²) in [6.45, 7) is 4.20. The molecule has 1 amide bonds. The SMILES string of the molecule is CCn1c(=O)n(-c2ccc(C[C@H](NC(=O)c3c(C)cc(N4CCOC[C@@H]4C(C)(F)F)cc3F)C(=O)O)c3cccnc23)c(=O)c2ccncc21. The first kappa shape index (κ1) is 34.3. The van der Waals surface area contributed by atoms with Gasteiger partial charge in [-0.1, -0.05) is 12.1 Å². The van der Waals surface area contributed by atoms with Crippen LogP contribution in [0.4, 0.5) is 18.9 Å². The minimum atomic E-state index is -3.15. The Bertz CT molecular complexity index is 2240. The van der Waals surface area contributed by atoms with Gasteiger partial charge in [-0.3, -0.25) is 24.1 Å². The van der Waals surface area contributed by atoms with Crippen molar-refractivity contribution >= 4 is 39.4 Å². The van der Waals surface area contributed by atoms with Crippen molar-refractivity contribution in [3.05, 3.63) is 104 Å². The Balaban J connectivity index is 1.33. The van der Waals surface area contributed by atoms with Gasteiger partial charge >= 0.3 is 11.7 Å². The lowest BCUT2D eigenvalue weighted by molar-refractivity contribution is -0.139. The second-order valence-corrected chi connectivity index (χ2v) is 12.1. The lowest BCUT2D eigenvalue weighted by atomic mass is 9.99. The molecule has 0 aliphatic carbocycles. The summed E-state index contributed by atoms with van der Waals surface area (Å²) in [5.74, 6) is -6.55. The van der Waals surface area contributed by atoms with Gasteiger partial charge in [0.15, 0.2) is 0 Å². The summed E-state index contributed by atoms with van der Waals surface area (Å²) < 4.78 is 51.8. The number of halogens is 3. The third-order valence-electron chi connectivity index (χ3n) is 8.91. The highest BCUT2D eigenvalue weighted by Crippen LogP contribution is 2.32. The molecule has 0 saturated carbocycles. The number of carbonyl (C=O) groups is 2. The second kappa shape index (κ2) is 13.4. The molecular formula is C35H33F3N6O6. The van der Waals surface area contributed by atoms with Crippen molar-refractivity contribution in [2.45, 2.75) is 51.7 Å². The van der Waals surface area contributed by atoms with Crippen molar-refractivity contribution in [2.24, 2.45) is 0 Å². The zero-order valence-electron chi connectivity index (χ0n) is 27.3. The fourth-order valence-electron chi connectivity index (χ4n) is 6.47. The fraction of sp³-hybridized carbons (Fsp3) is 0.314. The first-order valence-corrected chi connectivity index (χ1v) is 15.8. The minimum absolute atomic E-state index is 0.0862. The molecule has 1 fully saturated rings. The van der Waals surface area contributed by atoms with Crippen LogP contribution in [0.3, 0.4) is 0 Å². The molecule has 0 unspecified atom stereocenters. The standard InChI is InChI=1S/C35H33F3N6O6/c1-4-42-27-17-39-11-9-23(27)32(46)44(34(42)49)26-8-7-20(22-6-5-10-40-30(22)26)15-25(33(47)48)41-31(45)29-19(2)14-21(16-24(29)36)43-12-13-50-18-28(43)35(3,37)38/h5-11,14,16-17,25,28H,4,12-13,15,18H2,1-3H3,(H,41,45)(H,47,48)/t25-,28+/m0/s1. The number of aromatic nitrogens is 4. The molecular weight excluding hydrogens is 657 g/mol. The monoisotopic (exact) mass is 690 g/mol. The number of hydrogen-bond donors (Lipinski definition) is 2. The van der Waals surface area contributed by atoms with Crippen LogP contribution in [0.1, 0.15) is 35.3 Å². The molecule has 1 saturated heterocycles. The molecule has 15 heteroatoms. The molecule has 6 rings (SSSR count). The highest BCUT2D eigenvalue weighted by molar-refractivity contribution is 5.99. The van der Waals surface area contributed by atoms with E-state index in [0.717, 1.165) is 17.6 Å². The predicted molar refractivity (Wildman–Crippen MR) is 179 cm³/mol. The predicted octanol–water partition coefficient (Wildman–Crippen LogP) is 3.85. The maximum absolute atomic E-state index is 15.5. The molecule has 2 atom stereocenters. The Kier molecular flexibility index (Phi) is 9.18. The van der Waals surface area contributed by atoms with E-state index in [1.54, 1.807) is 25.1 Å². The molecule has 1 aliphatic rings. The maximum Gasteiger partial charge on any atom is 0.336 e. The lowest BCUT2D eigenvalue weighted by Crippen LogP contribution is -2.54. The van der Waals surface area contributed by atoms with Crippen LogP contribution in [-0.2, 0) is 22.5 Å². The summed E-state index contributed by atoms with van der Waals surface area (Å²) in [6, 6.07) is 7.33. The lowest BCUT2D eigenvalue weighted by Gasteiger charge is -2.40. The molecule has 1 aliphatic heterocycles. The first-order valence-electron chi connectivity index (χ1n) is 15.8. The topological polar surface area (TPSA) is 149 Å². The zero-order chi connectivity index (χ0) is 35.9. The largest absolute Gasteiger partial charge is 0.480 e. The maximum atomic E-state index is 15.5. The van der Waals surface area contributed by atoms with E-state index in [4.69, 9.17) is 4.74 Å². The second-order valence-electron chi connectivity index (χ2n) is 12.1. The molecule has 0 spiro atoms. The Morgan fingerprint density at radius 2 is 1.92 bits per heavy atom. The van der Waals surface area contributed by atoms with Crippen molar-refractivity contribution in [1.82, 2.24) is 24.4 Å². The van der Waals surface area contributed by atoms with E-state index in [0.29, 0.717) is 16.5 Å². The van der Waals surface area contributed by atoms with Gasteiger partial charge in [-0.05, 0) is 55.3 Å². The normalized spacial score (nSPS) is 15.7. The number of benzene rings is 2. The number of carbonyl (C=O) groups excluding carboxylic acids is 1. The van der Waals surface area contributed by atoms with Crippen molar-refractivity contribution in [3.8, 4) is 5.69 Å². The van der Waals surface area contributed by atoms with Crippen LogP contribution in [0.25, 0.3) is 27.5 Å². The van der Waals surface area contributed by atoms with Crippen LogP contribution in [0, 0.1) is 12.7 Å². The number of anilines is 1. The first-order chi connectivity index (χ1) is 23.8. The van der Waals surface area contributed by atoms with E-state index < -0.39 is 52.5 Å².